The predicted octanol–water partition coefficient (Wildman–Crippen LogP) is 3.53. The van der Waals surface area contributed by atoms with E-state index in [4.69, 9.17) is 0 Å². The van der Waals surface area contributed by atoms with Gasteiger partial charge in [-0.15, -0.1) is 11.8 Å². The Hall–Kier alpha value is -0.430. The van der Waals surface area contributed by atoms with Gasteiger partial charge in [0.1, 0.15) is 0 Å². The van der Waals surface area contributed by atoms with Crippen molar-refractivity contribution in [1.29, 1.82) is 0 Å². The van der Waals surface area contributed by atoms with Gasteiger partial charge in [0.15, 0.2) is 0 Å². The third kappa shape index (κ3) is 1.27. The van der Waals surface area contributed by atoms with Crippen LogP contribution in [-0.4, -0.2) is 5.25 Å². The predicted molar refractivity (Wildman–Crippen MR) is 56.1 cm³/mol. The third-order valence-corrected chi connectivity index (χ3v) is 3.84. The summed E-state index contributed by atoms with van der Waals surface area (Å²) >= 11 is 2.00. The fourth-order valence-electron chi connectivity index (χ4n) is 1.78. The Labute approximate surface area is 78.4 Å². The zero-order chi connectivity index (χ0) is 8.72. The molecule has 2 atom stereocenters. The van der Waals surface area contributed by atoms with Crippen molar-refractivity contribution in [3.63, 3.8) is 0 Å². The number of rotatable bonds is 0. The van der Waals surface area contributed by atoms with Crippen LogP contribution < -0.4 is 0 Å². The van der Waals surface area contributed by atoms with Crippen molar-refractivity contribution in [1.82, 2.24) is 0 Å². The van der Waals surface area contributed by atoms with Gasteiger partial charge >= 0.3 is 0 Å². The molecule has 1 aliphatic carbocycles. The molecule has 2 unspecified atom stereocenters. The quantitative estimate of drug-likeness (QED) is 0.547. The van der Waals surface area contributed by atoms with Gasteiger partial charge in [0.2, 0.25) is 0 Å². The number of hydrogen-bond donors (Lipinski definition) is 0. The minimum Gasteiger partial charge on any atom is -0.123 e. The molecule has 0 aromatic heterocycles. The Morgan fingerprint density at radius 1 is 1.00 bits per heavy atom. The number of fused-ring (bicyclic) bond motifs is 1. The average molecular weight is 178 g/mol. The summed E-state index contributed by atoms with van der Waals surface area (Å²) in [7, 11) is 0. The monoisotopic (exact) mass is 178 g/mol. The van der Waals surface area contributed by atoms with Gasteiger partial charge in [-0.25, -0.2) is 0 Å². The zero-order valence-corrected chi connectivity index (χ0v) is 8.61. The minimum atomic E-state index is 0.665. The molecule has 64 valence electrons. The summed E-state index contributed by atoms with van der Waals surface area (Å²) in [5, 5.41) is 0.689. The summed E-state index contributed by atoms with van der Waals surface area (Å²) in [5.74, 6) is 0.665. The fourth-order valence-corrected chi connectivity index (χ4v) is 3.04. The third-order valence-electron chi connectivity index (χ3n) is 2.61. The highest BCUT2D eigenvalue weighted by molar-refractivity contribution is 8.04. The maximum atomic E-state index is 2.40. The summed E-state index contributed by atoms with van der Waals surface area (Å²) in [5.41, 5.74) is 2.90. The van der Waals surface area contributed by atoms with E-state index in [2.05, 4.69) is 39.0 Å². The van der Waals surface area contributed by atoms with E-state index in [1.54, 1.807) is 0 Å². The van der Waals surface area contributed by atoms with Crippen LogP contribution in [0.3, 0.4) is 0 Å². The Bertz CT molecular complexity index is 294. The molecule has 0 radical (unpaired) electrons. The van der Waals surface area contributed by atoms with Gasteiger partial charge in [-0.3, -0.25) is 0 Å². The van der Waals surface area contributed by atoms with Gasteiger partial charge in [-0.1, -0.05) is 29.4 Å². The van der Waals surface area contributed by atoms with Crippen molar-refractivity contribution in [2.24, 2.45) is 5.92 Å². The van der Waals surface area contributed by atoms with E-state index in [1.165, 1.54) is 16.1 Å². The molecule has 2 aliphatic rings. The second-order valence-electron chi connectivity index (χ2n) is 3.64. The van der Waals surface area contributed by atoms with Crippen molar-refractivity contribution in [3.8, 4) is 0 Å². The van der Waals surface area contributed by atoms with Gasteiger partial charge in [-0.05, 0) is 25.7 Å². The second-order valence-corrected chi connectivity index (χ2v) is 5.06. The van der Waals surface area contributed by atoms with Crippen LogP contribution in [0.1, 0.15) is 20.8 Å². The molecule has 0 saturated heterocycles. The number of hydrogen-bond acceptors (Lipinski definition) is 1. The lowest BCUT2D eigenvalue weighted by Crippen LogP contribution is -2.11. The molecular formula is C11H14S. The van der Waals surface area contributed by atoms with Crippen molar-refractivity contribution in [3.05, 3.63) is 34.3 Å². The lowest BCUT2D eigenvalue weighted by atomic mass is 9.92. The summed E-state index contributed by atoms with van der Waals surface area (Å²) in [6, 6.07) is 0. The summed E-state index contributed by atoms with van der Waals surface area (Å²) in [6.07, 6.45) is 7.17. The van der Waals surface area contributed by atoms with Gasteiger partial charge in [0, 0.05) is 11.2 Å². The van der Waals surface area contributed by atoms with Crippen LogP contribution >= 0.6 is 11.8 Å². The summed E-state index contributed by atoms with van der Waals surface area (Å²) in [6.45, 7) is 6.61. The van der Waals surface area contributed by atoms with Gasteiger partial charge in [0.25, 0.3) is 0 Å². The van der Waals surface area contributed by atoms with E-state index < -0.39 is 0 Å². The molecule has 0 bridgehead atoms. The fraction of sp³-hybridized carbons (Fsp3) is 0.455. The Morgan fingerprint density at radius 2 is 1.67 bits per heavy atom. The average Bonchev–Trinajstić information content (AvgIpc) is 2.30. The Balaban J connectivity index is 2.30. The SMILES string of the molecule is CC1=CC2C=C(C)C(C)=CC2S1. The van der Waals surface area contributed by atoms with E-state index in [9.17, 15) is 0 Å². The maximum Gasteiger partial charge on any atom is 0.0374 e. The highest BCUT2D eigenvalue weighted by atomic mass is 32.2. The molecule has 0 fully saturated rings. The zero-order valence-electron chi connectivity index (χ0n) is 7.79. The summed E-state index contributed by atoms with van der Waals surface area (Å²) < 4.78 is 0. The van der Waals surface area contributed by atoms with Crippen LogP contribution in [0.5, 0.6) is 0 Å². The molecule has 0 N–H and O–H groups in total. The van der Waals surface area contributed by atoms with E-state index in [-0.39, 0.29) is 0 Å². The van der Waals surface area contributed by atoms with E-state index in [0.717, 1.165) is 0 Å². The standard InChI is InChI=1S/C11H14S/c1-7-4-10-6-9(3)12-11(10)5-8(7)2/h4-6,10-11H,1-3H3. The maximum absolute atomic E-state index is 2.40. The molecule has 2 rings (SSSR count). The first kappa shape index (κ1) is 8.18. The number of thioether (sulfide) groups is 1. The topological polar surface area (TPSA) is 0 Å². The number of allylic oxidation sites excluding steroid dienone is 5. The van der Waals surface area contributed by atoms with Crippen molar-refractivity contribution < 1.29 is 0 Å². The molecule has 0 spiro atoms. The van der Waals surface area contributed by atoms with E-state index in [0.29, 0.717) is 11.2 Å². The van der Waals surface area contributed by atoms with Crippen LogP contribution in [0.4, 0.5) is 0 Å². The van der Waals surface area contributed by atoms with Crippen LogP contribution in [-0.2, 0) is 0 Å². The first-order chi connectivity index (χ1) is 5.66. The largest absolute Gasteiger partial charge is 0.123 e. The molecule has 1 heterocycles. The molecule has 0 aromatic carbocycles. The van der Waals surface area contributed by atoms with E-state index in [1.807, 2.05) is 11.8 Å². The van der Waals surface area contributed by atoms with Crippen LogP contribution in [0.25, 0.3) is 0 Å². The molecule has 0 aromatic rings. The smallest absolute Gasteiger partial charge is 0.0374 e. The van der Waals surface area contributed by atoms with Crippen molar-refractivity contribution >= 4 is 11.8 Å². The van der Waals surface area contributed by atoms with Gasteiger partial charge < -0.3 is 0 Å². The molecule has 0 nitrogen and oxygen atoms in total. The molecule has 1 heteroatoms. The summed E-state index contributed by atoms with van der Waals surface area (Å²) in [4.78, 5) is 1.47. The lowest BCUT2D eigenvalue weighted by Gasteiger charge is -2.19. The minimum absolute atomic E-state index is 0.665. The van der Waals surface area contributed by atoms with Crippen LogP contribution in [0, 0.1) is 5.92 Å². The highest BCUT2D eigenvalue weighted by Crippen LogP contribution is 2.41. The van der Waals surface area contributed by atoms with Crippen molar-refractivity contribution in [2.45, 2.75) is 26.0 Å². The first-order valence-electron chi connectivity index (χ1n) is 4.39. The Kier molecular flexibility index (Phi) is 1.91. The molecule has 0 amide bonds. The normalized spacial score (nSPS) is 33.8. The highest BCUT2D eigenvalue weighted by Gasteiger charge is 2.26. The van der Waals surface area contributed by atoms with Crippen LogP contribution in [0.15, 0.2) is 34.3 Å². The van der Waals surface area contributed by atoms with E-state index >= 15 is 0 Å². The molecular weight excluding hydrogens is 164 g/mol. The lowest BCUT2D eigenvalue weighted by molar-refractivity contribution is 0.832. The Morgan fingerprint density at radius 3 is 2.42 bits per heavy atom. The second kappa shape index (κ2) is 2.81. The first-order valence-corrected chi connectivity index (χ1v) is 5.27. The molecule has 0 saturated carbocycles. The molecule has 1 aliphatic heterocycles. The van der Waals surface area contributed by atoms with Gasteiger partial charge in [0.05, 0.1) is 0 Å². The van der Waals surface area contributed by atoms with Crippen molar-refractivity contribution in [2.75, 3.05) is 0 Å². The van der Waals surface area contributed by atoms with Crippen LogP contribution in [0.2, 0.25) is 0 Å². The molecule has 12 heavy (non-hydrogen) atoms. The van der Waals surface area contributed by atoms with Gasteiger partial charge in [-0.2, -0.15) is 0 Å².